The Balaban J connectivity index is 0.000000705. The Morgan fingerprint density at radius 3 is 2.44 bits per heavy atom. The van der Waals surface area contributed by atoms with Crippen LogP contribution in [0.2, 0.25) is 0 Å². The second-order valence-corrected chi connectivity index (χ2v) is 6.07. The van der Waals surface area contributed by atoms with Gasteiger partial charge in [-0.2, -0.15) is 5.26 Å². The van der Waals surface area contributed by atoms with Gasteiger partial charge in [-0.1, -0.05) is 26.0 Å². The molecule has 0 aliphatic rings. The van der Waals surface area contributed by atoms with Crippen LogP contribution in [-0.2, 0) is 6.54 Å². The van der Waals surface area contributed by atoms with Crippen molar-refractivity contribution in [3.63, 3.8) is 0 Å². The number of aromatic nitrogens is 2. The lowest BCUT2D eigenvalue weighted by Crippen LogP contribution is -2.23. The summed E-state index contributed by atoms with van der Waals surface area (Å²) >= 11 is 0. The fourth-order valence-electron chi connectivity index (χ4n) is 2.23. The van der Waals surface area contributed by atoms with Crippen LogP contribution < -0.4 is 16.0 Å². The number of nitrogens with one attached hydrogen (secondary N) is 3. The normalized spacial score (nSPS) is 9.92. The zero-order valence-corrected chi connectivity index (χ0v) is 15.7. The number of benzene rings is 1. The molecule has 0 saturated carbocycles. The van der Waals surface area contributed by atoms with E-state index < -0.39 is 0 Å². The van der Waals surface area contributed by atoms with E-state index in [0.29, 0.717) is 5.92 Å². The SMILES string of the molecule is CNC#N.Cc1cncn1CCCNCNc1ccc(C(C)C)cc1. The number of nitrogens with zero attached hydrogens (tertiary/aromatic N) is 3. The van der Waals surface area contributed by atoms with Gasteiger partial charge in [0, 0.05) is 31.2 Å². The molecular formula is C19H30N6. The summed E-state index contributed by atoms with van der Waals surface area (Å²) in [6.45, 7) is 9.32. The first-order chi connectivity index (χ1) is 12.1. The highest BCUT2D eigenvalue weighted by molar-refractivity contribution is 5.44. The highest BCUT2D eigenvalue weighted by Crippen LogP contribution is 2.16. The van der Waals surface area contributed by atoms with Gasteiger partial charge in [0.25, 0.3) is 0 Å². The molecule has 6 nitrogen and oxygen atoms in total. The highest BCUT2D eigenvalue weighted by Gasteiger charge is 1.98. The Hall–Kier alpha value is -2.52. The van der Waals surface area contributed by atoms with E-state index in [1.54, 1.807) is 13.2 Å². The monoisotopic (exact) mass is 342 g/mol. The van der Waals surface area contributed by atoms with E-state index in [1.807, 2.05) is 12.5 Å². The lowest BCUT2D eigenvalue weighted by molar-refractivity contribution is 0.586. The molecule has 1 aromatic carbocycles. The molecule has 3 N–H and O–H groups in total. The van der Waals surface area contributed by atoms with Gasteiger partial charge in [-0.05, 0) is 43.5 Å². The summed E-state index contributed by atoms with van der Waals surface area (Å²) in [5, 5.41) is 16.5. The van der Waals surface area contributed by atoms with E-state index >= 15 is 0 Å². The van der Waals surface area contributed by atoms with Crippen molar-refractivity contribution < 1.29 is 0 Å². The number of imidazole rings is 1. The number of nitriles is 1. The van der Waals surface area contributed by atoms with Crippen molar-refractivity contribution in [2.24, 2.45) is 0 Å². The van der Waals surface area contributed by atoms with E-state index in [-0.39, 0.29) is 0 Å². The van der Waals surface area contributed by atoms with E-state index in [4.69, 9.17) is 5.26 Å². The summed E-state index contributed by atoms with van der Waals surface area (Å²) in [6, 6.07) is 8.67. The van der Waals surface area contributed by atoms with Gasteiger partial charge in [-0.25, -0.2) is 4.98 Å². The molecule has 136 valence electrons. The van der Waals surface area contributed by atoms with Gasteiger partial charge in [0.1, 0.15) is 0 Å². The molecule has 1 aromatic heterocycles. The Morgan fingerprint density at radius 1 is 1.24 bits per heavy atom. The molecule has 0 amide bonds. The molecule has 0 bridgehead atoms. The van der Waals surface area contributed by atoms with Crippen LogP contribution in [0.3, 0.4) is 0 Å². The third-order valence-corrected chi connectivity index (χ3v) is 3.78. The van der Waals surface area contributed by atoms with Crippen molar-refractivity contribution in [3.05, 3.63) is 48.0 Å². The molecule has 0 unspecified atom stereocenters. The molecular weight excluding hydrogens is 312 g/mol. The fraction of sp³-hybridized carbons (Fsp3) is 0.474. The third kappa shape index (κ3) is 8.23. The van der Waals surface area contributed by atoms with Gasteiger partial charge in [0.05, 0.1) is 13.0 Å². The number of rotatable bonds is 8. The van der Waals surface area contributed by atoms with Gasteiger partial charge in [0.2, 0.25) is 0 Å². The molecule has 2 aromatic rings. The van der Waals surface area contributed by atoms with E-state index in [0.717, 1.165) is 31.9 Å². The first kappa shape index (κ1) is 20.5. The van der Waals surface area contributed by atoms with E-state index in [1.165, 1.54) is 11.3 Å². The number of hydrogen-bond donors (Lipinski definition) is 3. The van der Waals surface area contributed by atoms with Crippen LogP contribution >= 0.6 is 0 Å². The number of aryl methyl sites for hydroxylation is 2. The second kappa shape index (κ2) is 11.9. The third-order valence-electron chi connectivity index (χ3n) is 3.78. The first-order valence-corrected chi connectivity index (χ1v) is 8.65. The molecule has 1 heterocycles. The molecule has 25 heavy (non-hydrogen) atoms. The Bertz CT molecular complexity index is 624. The summed E-state index contributed by atoms with van der Waals surface area (Å²) in [4.78, 5) is 4.13. The van der Waals surface area contributed by atoms with Crippen LogP contribution in [0.5, 0.6) is 0 Å². The van der Waals surface area contributed by atoms with Gasteiger partial charge < -0.3 is 20.5 Å². The zero-order valence-electron chi connectivity index (χ0n) is 15.7. The average Bonchev–Trinajstić information content (AvgIpc) is 3.03. The van der Waals surface area contributed by atoms with Crippen LogP contribution in [0.25, 0.3) is 0 Å². The van der Waals surface area contributed by atoms with Crippen molar-refractivity contribution in [2.45, 2.75) is 39.7 Å². The van der Waals surface area contributed by atoms with Crippen LogP contribution in [-0.4, -0.2) is 29.8 Å². The summed E-state index contributed by atoms with van der Waals surface area (Å²) in [7, 11) is 1.57. The molecule has 2 rings (SSSR count). The Labute approximate surface area is 151 Å². The predicted octanol–water partition coefficient (Wildman–Crippen LogP) is 3.05. The Kier molecular flexibility index (Phi) is 9.79. The molecule has 0 radical (unpaired) electrons. The number of hydrogen-bond acceptors (Lipinski definition) is 5. The van der Waals surface area contributed by atoms with Crippen LogP contribution in [0.1, 0.15) is 37.4 Å². The number of anilines is 1. The molecule has 0 aliphatic carbocycles. The average molecular weight is 342 g/mol. The van der Waals surface area contributed by atoms with E-state index in [2.05, 4.69) is 70.5 Å². The van der Waals surface area contributed by atoms with E-state index in [9.17, 15) is 0 Å². The molecule has 0 fully saturated rings. The van der Waals surface area contributed by atoms with Crippen molar-refractivity contribution >= 4 is 5.69 Å². The fourth-order valence-corrected chi connectivity index (χ4v) is 2.23. The summed E-state index contributed by atoms with van der Waals surface area (Å²) in [5.74, 6) is 0.587. The predicted molar refractivity (Wildman–Crippen MR) is 103 cm³/mol. The van der Waals surface area contributed by atoms with Crippen molar-refractivity contribution in [3.8, 4) is 6.19 Å². The summed E-state index contributed by atoms with van der Waals surface area (Å²) in [6.07, 6.45) is 6.57. The largest absolute Gasteiger partial charge is 0.372 e. The summed E-state index contributed by atoms with van der Waals surface area (Å²) < 4.78 is 2.18. The minimum absolute atomic E-state index is 0.587. The minimum atomic E-state index is 0.587. The van der Waals surface area contributed by atoms with Gasteiger partial charge in [-0.3, -0.25) is 0 Å². The maximum Gasteiger partial charge on any atom is 0.176 e. The molecule has 0 saturated heterocycles. The highest BCUT2D eigenvalue weighted by atomic mass is 15.1. The summed E-state index contributed by atoms with van der Waals surface area (Å²) in [5.41, 5.74) is 3.76. The van der Waals surface area contributed by atoms with Crippen LogP contribution in [0, 0.1) is 18.4 Å². The smallest absolute Gasteiger partial charge is 0.176 e. The van der Waals surface area contributed by atoms with Crippen molar-refractivity contribution in [1.29, 1.82) is 5.26 Å². The van der Waals surface area contributed by atoms with Gasteiger partial charge >= 0.3 is 0 Å². The molecule has 0 aliphatic heterocycles. The molecule has 6 heteroatoms. The second-order valence-electron chi connectivity index (χ2n) is 6.07. The standard InChI is InChI=1S/C17H26N4.C2H4N2/c1-14(2)16-5-7-17(8-6-16)20-12-18-9-4-10-21-13-19-11-15(21)3;1-4-2-3/h5-8,11,13-14,18,20H,4,9-10,12H2,1-3H3;4H,1H3. The minimum Gasteiger partial charge on any atom is -0.372 e. The van der Waals surface area contributed by atoms with Crippen molar-refractivity contribution in [1.82, 2.24) is 20.2 Å². The molecule has 0 atom stereocenters. The molecule has 0 spiro atoms. The maximum absolute atomic E-state index is 7.51. The quantitative estimate of drug-likeness (QED) is 0.297. The van der Waals surface area contributed by atoms with Crippen molar-refractivity contribution in [2.75, 3.05) is 25.6 Å². The Morgan fingerprint density at radius 2 is 1.92 bits per heavy atom. The van der Waals surface area contributed by atoms with Gasteiger partial charge in [0.15, 0.2) is 6.19 Å². The van der Waals surface area contributed by atoms with Crippen LogP contribution in [0.15, 0.2) is 36.8 Å². The van der Waals surface area contributed by atoms with Crippen LogP contribution in [0.4, 0.5) is 5.69 Å². The first-order valence-electron chi connectivity index (χ1n) is 8.65. The maximum atomic E-state index is 7.51. The lowest BCUT2D eigenvalue weighted by atomic mass is 10.0. The lowest BCUT2D eigenvalue weighted by Gasteiger charge is -2.10. The topological polar surface area (TPSA) is 77.7 Å². The van der Waals surface area contributed by atoms with Gasteiger partial charge in [-0.15, -0.1) is 0 Å². The zero-order chi connectivity index (χ0) is 18.5.